The summed E-state index contributed by atoms with van der Waals surface area (Å²) >= 11 is 1.80. The van der Waals surface area contributed by atoms with Crippen LogP contribution >= 0.6 is 11.8 Å². The number of aryl methyl sites for hydroxylation is 1. The second kappa shape index (κ2) is 6.09. The van der Waals surface area contributed by atoms with E-state index in [0.29, 0.717) is 5.25 Å². The van der Waals surface area contributed by atoms with Gasteiger partial charge >= 0.3 is 0 Å². The van der Waals surface area contributed by atoms with Crippen molar-refractivity contribution in [2.24, 2.45) is 4.99 Å². The van der Waals surface area contributed by atoms with Gasteiger partial charge in [0.05, 0.1) is 24.0 Å². The fraction of sp³-hybridized carbons (Fsp3) is 0.250. The maximum atomic E-state index is 4.57. The molecule has 0 saturated heterocycles. The van der Waals surface area contributed by atoms with Gasteiger partial charge in [0.1, 0.15) is 0 Å². The summed E-state index contributed by atoms with van der Waals surface area (Å²) in [4.78, 5) is 9.06. The second-order valence-electron chi connectivity index (χ2n) is 4.79. The molecule has 1 unspecified atom stereocenters. The van der Waals surface area contributed by atoms with E-state index in [0.717, 1.165) is 29.6 Å². The first-order valence-electron chi connectivity index (χ1n) is 6.74. The topological polar surface area (TPSA) is 37.3 Å². The zero-order valence-corrected chi connectivity index (χ0v) is 12.2. The molecule has 0 fully saturated rings. The Bertz CT molecular complexity index is 610. The first-order chi connectivity index (χ1) is 9.81. The smallest absolute Gasteiger partial charge is 0.157 e. The third-order valence-corrected chi connectivity index (χ3v) is 4.40. The van der Waals surface area contributed by atoms with Crippen LogP contribution in [0, 0.1) is 6.92 Å². The minimum atomic E-state index is 0.434. The lowest BCUT2D eigenvalue weighted by Crippen LogP contribution is -2.19. The molecule has 0 aliphatic carbocycles. The highest BCUT2D eigenvalue weighted by Crippen LogP contribution is 2.34. The van der Waals surface area contributed by atoms with E-state index in [2.05, 4.69) is 39.6 Å². The summed E-state index contributed by atoms with van der Waals surface area (Å²) in [6.45, 7) is 3.59. The van der Waals surface area contributed by atoms with E-state index in [1.54, 1.807) is 11.8 Å². The van der Waals surface area contributed by atoms with E-state index in [4.69, 9.17) is 0 Å². The molecule has 1 N–H and O–H groups in total. The van der Waals surface area contributed by atoms with Crippen LogP contribution in [0.5, 0.6) is 0 Å². The Morgan fingerprint density at radius 3 is 2.80 bits per heavy atom. The van der Waals surface area contributed by atoms with Crippen molar-refractivity contribution in [2.75, 3.05) is 6.54 Å². The van der Waals surface area contributed by atoms with Gasteiger partial charge < -0.3 is 5.32 Å². The number of pyridine rings is 1. The molecular formula is C16H17N3S. The number of aliphatic imine (C=N–C) groups is 1. The van der Waals surface area contributed by atoms with Crippen molar-refractivity contribution in [3.63, 3.8) is 0 Å². The first-order valence-corrected chi connectivity index (χ1v) is 7.62. The van der Waals surface area contributed by atoms with E-state index < -0.39 is 0 Å². The molecule has 1 aromatic carbocycles. The molecule has 102 valence electrons. The maximum absolute atomic E-state index is 4.57. The summed E-state index contributed by atoms with van der Waals surface area (Å²) < 4.78 is 0. The number of hydrogen-bond acceptors (Lipinski definition) is 4. The minimum Gasteiger partial charge on any atom is -0.359 e. The highest BCUT2D eigenvalue weighted by Gasteiger charge is 2.20. The zero-order valence-electron chi connectivity index (χ0n) is 11.4. The van der Waals surface area contributed by atoms with Gasteiger partial charge in [-0.25, -0.2) is 0 Å². The van der Waals surface area contributed by atoms with Crippen molar-refractivity contribution in [3.05, 3.63) is 65.5 Å². The van der Waals surface area contributed by atoms with E-state index in [-0.39, 0.29) is 0 Å². The van der Waals surface area contributed by atoms with Crippen molar-refractivity contribution >= 4 is 16.9 Å². The van der Waals surface area contributed by atoms with Crippen LogP contribution in [0.4, 0.5) is 0 Å². The molecule has 1 aliphatic heterocycles. The van der Waals surface area contributed by atoms with Gasteiger partial charge in [0, 0.05) is 5.69 Å². The Hall–Kier alpha value is -1.81. The highest BCUT2D eigenvalue weighted by molar-refractivity contribution is 8.14. The summed E-state index contributed by atoms with van der Waals surface area (Å²) in [5.74, 6) is 0. The SMILES string of the molecule is Cc1cccc(CNC2=NCC(c3ccccc3)S2)n1. The molecule has 3 rings (SSSR count). The monoisotopic (exact) mass is 283 g/mol. The molecule has 3 nitrogen and oxygen atoms in total. The van der Waals surface area contributed by atoms with Gasteiger partial charge in [0.15, 0.2) is 5.17 Å². The molecule has 1 aromatic heterocycles. The number of thioether (sulfide) groups is 1. The van der Waals surface area contributed by atoms with Gasteiger partial charge in [-0.3, -0.25) is 9.98 Å². The number of nitrogens with one attached hydrogen (secondary N) is 1. The number of benzene rings is 1. The Balaban J connectivity index is 1.56. The third-order valence-electron chi connectivity index (χ3n) is 3.19. The van der Waals surface area contributed by atoms with Crippen LogP contribution in [0.25, 0.3) is 0 Å². The van der Waals surface area contributed by atoms with Crippen LogP contribution in [0.1, 0.15) is 22.2 Å². The van der Waals surface area contributed by atoms with Crippen LogP contribution in [-0.4, -0.2) is 16.7 Å². The van der Waals surface area contributed by atoms with Crippen LogP contribution in [-0.2, 0) is 6.54 Å². The summed E-state index contributed by atoms with van der Waals surface area (Å²) in [5, 5.41) is 4.83. The molecule has 0 spiro atoms. The average Bonchev–Trinajstić information content (AvgIpc) is 2.95. The molecule has 1 atom stereocenters. The summed E-state index contributed by atoms with van der Waals surface area (Å²) in [5.41, 5.74) is 3.44. The fourth-order valence-electron chi connectivity index (χ4n) is 2.18. The molecule has 4 heteroatoms. The summed E-state index contributed by atoms with van der Waals surface area (Å²) in [6.07, 6.45) is 0. The fourth-order valence-corrected chi connectivity index (χ4v) is 3.19. The van der Waals surface area contributed by atoms with Crippen LogP contribution in [0.15, 0.2) is 53.5 Å². The Kier molecular flexibility index (Phi) is 4.02. The van der Waals surface area contributed by atoms with Gasteiger partial charge in [-0.2, -0.15) is 0 Å². The van der Waals surface area contributed by atoms with E-state index >= 15 is 0 Å². The highest BCUT2D eigenvalue weighted by atomic mass is 32.2. The predicted molar refractivity (Wildman–Crippen MR) is 84.9 cm³/mol. The standard InChI is InChI=1S/C16H17N3S/c1-12-6-5-9-14(19-12)10-17-16-18-11-15(20-16)13-7-3-2-4-8-13/h2-9,15H,10-11H2,1H3,(H,17,18). The molecule has 20 heavy (non-hydrogen) atoms. The van der Waals surface area contributed by atoms with Crippen molar-refractivity contribution < 1.29 is 0 Å². The predicted octanol–water partition coefficient (Wildman–Crippen LogP) is 3.32. The lowest BCUT2D eigenvalue weighted by molar-refractivity contribution is 0.868. The molecule has 2 aromatic rings. The molecule has 0 radical (unpaired) electrons. The van der Waals surface area contributed by atoms with Crippen LogP contribution in [0.3, 0.4) is 0 Å². The number of rotatable bonds is 3. The quantitative estimate of drug-likeness (QED) is 0.939. The van der Waals surface area contributed by atoms with Gasteiger partial charge in [0.2, 0.25) is 0 Å². The molecule has 0 amide bonds. The van der Waals surface area contributed by atoms with E-state index in [9.17, 15) is 0 Å². The number of amidine groups is 1. The van der Waals surface area contributed by atoms with Crippen molar-refractivity contribution in [1.82, 2.24) is 10.3 Å². The molecular weight excluding hydrogens is 266 g/mol. The van der Waals surface area contributed by atoms with Gasteiger partial charge in [0.25, 0.3) is 0 Å². The summed E-state index contributed by atoms with van der Waals surface area (Å²) in [6, 6.07) is 16.6. The zero-order chi connectivity index (χ0) is 13.8. The van der Waals surface area contributed by atoms with Crippen molar-refractivity contribution in [1.29, 1.82) is 0 Å². The Labute approximate surface area is 123 Å². The normalized spacial score (nSPS) is 17.9. The number of hydrogen-bond donors (Lipinski definition) is 1. The minimum absolute atomic E-state index is 0.434. The van der Waals surface area contributed by atoms with Gasteiger partial charge in [-0.05, 0) is 24.6 Å². The Morgan fingerprint density at radius 1 is 1.15 bits per heavy atom. The maximum Gasteiger partial charge on any atom is 0.157 e. The van der Waals surface area contributed by atoms with Crippen molar-refractivity contribution in [2.45, 2.75) is 18.7 Å². The van der Waals surface area contributed by atoms with Crippen LogP contribution in [0.2, 0.25) is 0 Å². The third kappa shape index (κ3) is 3.20. The van der Waals surface area contributed by atoms with E-state index in [1.165, 1.54) is 5.56 Å². The molecule has 0 bridgehead atoms. The van der Waals surface area contributed by atoms with Gasteiger partial charge in [-0.15, -0.1) is 0 Å². The van der Waals surface area contributed by atoms with E-state index in [1.807, 2.05) is 31.2 Å². The lowest BCUT2D eigenvalue weighted by Gasteiger charge is -2.09. The van der Waals surface area contributed by atoms with Crippen LogP contribution < -0.4 is 5.32 Å². The molecule has 0 saturated carbocycles. The Morgan fingerprint density at radius 2 is 2.00 bits per heavy atom. The summed E-state index contributed by atoms with van der Waals surface area (Å²) in [7, 11) is 0. The van der Waals surface area contributed by atoms with Crippen molar-refractivity contribution in [3.8, 4) is 0 Å². The second-order valence-corrected chi connectivity index (χ2v) is 5.98. The first kappa shape index (κ1) is 13.2. The molecule has 2 heterocycles. The largest absolute Gasteiger partial charge is 0.359 e. The lowest BCUT2D eigenvalue weighted by atomic mass is 10.1. The number of nitrogens with zero attached hydrogens (tertiary/aromatic N) is 2. The number of aromatic nitrogens is 1. The average molecular weight is 283 g/mol. The van der Waals surface area contributed by atoms with Gasteiger partial charge in [-0.1, -0.05) is 48.2 Å². The molecule has 1 aliphatic rings.